The predicted octanol–water partition coefficient (Wildman–Crippen LogP) is 1.08. The van der Waals surface area contributed by atoms with Crippen molar-refractivity contribution in [3.63, 3.8) is 0 Å². The van der Waals surface area contributed by atoms with E-state index < -0.39 is 0 Å². The van der Waals surface area contributed by atoms with Gasteiger partial charge in [0, 0.05) is 12.6 Å². The number of esters is 1. The number of carbonyl (C=O) groups is 2. The molecule has 1 aliphatic heterocycles. The number of ether oxygens (including phenoxy) is 1. The summed E-state index contributed by atoms with van der Waals surface area (Å²) in [5.41, 5.74) is 0. The summed E-state index contributed by atoms with van der Waals surface area (Å²) in [5, 5.41) is 6.41. The Bertz CT molecular complexity index is 351. The molecular weight excluding hydrogens is 256 g/mol. The maximum Gasteiger partial charge on any atom is 0.308 e. The predicted molar refractivity (Wildman–Crippen MR) is 76.0 cm³/mol. The topological polar surface area (TPSA) is 67.4 Å². The molecule has 0 aromatic carbocycles. The molecule has 0 bridgehead atoms. The number of hydrogen-bond donors (Lipinski definition) is 2. The van der Waals surface area contributed by atoms with Crippen LogP contribution in [0.25, 0.3) is 0 Å². The largest absolute Gasteiger partial charge is 0.466 e. The van der Waals surface area contributed by atoms with Gasteiger partial charge in [-0.15, -0.1) is 0 Å². The number of hydrogen-bond acceptors (Lipinski definition) is 4. The molecule has 2 aliphatic rings. The van der Waals surface area contributed by atoms with Gasteiger partial charge in [0.1, 0.15) is 0 Å². The van der Waals surface area contributed by atoms with Gasteiger partial charge in [-0.05, 0) is 45.1 Å². The minimum Gasteiger partial charge on any atom is -0.466 e. The molecule has 2 unspecified atom stereocenters. The molecule has 2 rings (SSSR count). The molecule has 2 fully saturated rings. The molecule has 5 nitrogen and oxygen atoms in total. The highest BCUT2D eigenvalue weighted by atomic mass is 16.5. The second-order valence-corrected chi connectivity index (χ2v) is 6.05. The molecule has 114 valence electrons. The Morgan fingerprint density at radius 1 is 1.20 bits per heavy atom. The van der Waals surface area contributed by atoms with E-state index in [2.05, 4.69) is 17.6 Å². The Balaban J connectivity index is 1.74. The van der Waals surface area contributed by atoms with Gasteiger partial charge in [0.2, 0.25) is 5.91 Å². The highest BCUT2D eigenvalue weighted by Crippen LogP contribution is 2.26. The van der Waals surface area contributed by atoms with E-state index >= 15 is 0 Å². The van der Waals surface area contributed by atoms with Crippen LogP contribution in [0.2, 0.25) is 0 Å². The van der Waals surface area contributed by atoms with Gasteiger partial charge in [0.05, 0.1) is 18.4 Å². The van der Waals surface area contributed by atoms with Crippen molar-refractivity contribution < 1.29 is 14.3 Å². The summed E-state index contributed by atoms with van der Waals surface area (Å²) < 4.78 is 5.06. The first-order chi connectivity index (χ1) is 9.61. The fraction of sp³-hybridized carbons (Fsp3) is 0.867. The zero-order chi connectivity index (χ0) is 14.5. The van der Waals surface area contributed by atoms with Crippen LogP contribution in [0, 0.1) is 17.8 Å². The third-order valence-corrected chi connectivity index (χ3v) is 4.55. The zero-order valence-corrected chi connectivity index (χ0v) is 12.5. The summed E-state index contributed by atoms with van der Waals surface area (Å²) in [6.45, 7) is 6.10. The lowest BCUT2D eigenvalue weighted by atomic mass is 9.85. The molecule has 1 heterocycles. The molecule has 0 aromatic rings. The van der Waals surface area contributed by atoms with Gasteiger partial charge >= 0.3 is 5.97 Å². The molecule has 1 amide bonds. The van der Waals surface area contributed by atoms with Crippen molar-refractivity contribution in [2.24, 2.45) is 17.8 Å². The lowest BCUT2D eigenvalue weighted by molar-refractivity contribution is -0.149. The normalized spacial score (nSPS) is 33.7. The first-order valence-corrected chi connectivity index (χ1v) is 7.79. The number of amides is 1. The molecule has 1 saturated heterocycles. The lowest BCUT2D eigenvalue weighted by Gasteiger charge is -2.29. The van der Waals surface area contributed by atoms with E-state index in [0.29, 0.717) is 12.5 Å². The summed E-state index contributed by atoms with van der Waals surface area (Å²) in [5.74, 6) is 0.617. The van der Waals surface area contributed by atoms with Crippen molar-refractivity contribution in [3.8, 4) is 0 Å². The Hall–Kier alpha value is -1.10. The highest BCUT2D eigenvalue weighted by molar-refractivity contribution is 5.80. The molecule has 5 heteroatoms. The number of rotatable bonds is 4. The second kappa shape index (κ2) is 7.07. The molecule has 1 saturated carbocycles. The maximum absolute atomic E-state index is 12.2. The van der Waals surface area contributed by atoms with E-state index in [1.165, 1.54) is 0 Å². The Kier molecular flexibility index (Phi) is 5.40. The minimum atomic E-state index is -0.0779. The quantitative estimate of drug-likeness (QED) is 0.757. The zero-order valence-electron chi connectivity index (χ0n) is 12.5. The third kappa shape index (κ3) is 3.72. The average molecular weight is 282 g/mol. The van der Waals surface area contributed by atoms with Crippen molar-refractivity contribution in [1.29, 1.82) is 0 Å². The fourth-order valence-electron chi connectivity index (χ4n) is 3.20. The van der Waals surface area contributed by atoms with E-state index in [-0.39, 0.29) is 29.8 Å². The fourth-order valence-corrected chi connectivity index (χ4v) is 3.20. The lowest BCUT2D eigenvalue weighted by Crippen LogP contribution is -2.43. The Labute approximate surface area is 120 Å². The summed E-state index contributed by atoms with van der Waals surface area (Å²) in [6, 6.07) is 0.223. The van der Waals surface area contributed by atoms with Crippen LogP contribution >= 0.6 is 0 Å². The van der Waals surface area contributed by atoms with Crippen LogP contribution in [-0.2, 0) is 14.3 Å². The molecule has 0 aromatic heterocycles. The third-order valence-electron chi connectivity index (χ3n) is 4.55. The molecule has 2 N–H and O–H groups in total. The van der Waals surface area contributed by atoms with Gasteiger partial charge in [-0.3, -0.25) is 9.59 Å². The van der Waals surface area contributed by atoms with E-state index in [0.717, 1.165) is 38.8 Å². The van der Waals surface area contributed by atoms with Crippen molar-refractivity contribution in [2.45, 2.75) is 45.6 Å². The van der Waals surface area contributed by atoms with Gasteiger partial charge in [-0.1, -0.05) is 6.92 Å². The van der Waals surface area contributed by atoms with Crippen LogP contribution < -0.4 is 10.6 Å². The molecule has 20 heavy (non-hydrogen) atoms. The molecule has 1 aliphatic carbocycles. The van der Waals surface area contributed by atoms with E-state index in [1.807, 2.05) is 6.92 Å². The molecular formula is C15H26N2O3. The molecule has 2 atom stereocenters. The molecule has 0 spiro atoms. The van der Waals surface area contributed by atoms with Gasteiger partial charge in [0.25, 0.3) is 0 Å². The van der Waals surface area contributed by atoms with Crippen molar-refractivity contribution in [3.05, 3.63) is 0 Å². The van der Waals surface area contributed by atoms with E-state index in [4.69, 9.17) is 4.74 Å². The summed E-state index contributed by atoms with van der Waals surface area (Å²) in [7, 11) is 0. The Morgan fingerprint density at radius 3 is 2.45 bits per heavy atom. The SMILES string of the molecule is CCOC(=O)C1CCC(NC(=O)C2CNCC2C)CC1. The van der Waals surface area contributed by atoms with Crippen molar-refractivity contribution in [2.75, 3.05) is 19.7 Å². The van der Waals surface area contributed by atoms with Crippen LogP contribution in [-0.4, -0.2) is 37.6 Å². The first kappa shape index (κ1) is 15.3. The standard InChI is InChI=1S/C15H26N2O3/c1-3-20-15(19)11-4-6-12(7-5-11)17-14(18)13-9-16-8-10(13)2/h10-13,16H,3-9H2,1-2H3,(H,17,18). The van der Waals surface area contributed by atoms with Gasteiger partial charge in [-0.2, -0.15) is 0 Å². The molecule has 0 radical (unpaired) electrons. The smallest absolute Gasteiger partial charge is 0.308 e. The monoisotopic (exact) mass is 282 g/mol. The van der Waals surface area contributed by atoms with E-state index in [9.17, 15) is 9.59 Å². The van der Waals surface area contributed by atoms with Gasteiger partial charge in [-0.25, -0.2) is 0 Å². The van der Waals surface area contributed by atoms with Crippen LogP contribution in [0.3, 0.4) is 0 Å². The Morgan fingerprint density at radius 2 is 1.90 bits per heavy atom. The average Bonchev–Trinajstić information content (AvgIpc) is 2.86. The van der Waals surface area contributed by atoms with Crippen LogP contribution in [0.15, 0.2) is 0 Å². The van der Waals surface area contributed by atoms with Crippen LogP contribution in [0.1, 0.15) is 39.5 Å². The van der Waals surface area contributed by atoms with Crippen molar-refractivity contribution in [1.82, 2.24) is 10.6 Å². The second-order valence-electron chi connectivity index (χ2n) is 6.05. The van der Waals surface area contributed by atoms with Gasteiger partial charge in [0.15, 0.2) is 0 Å². The summed E-state index contributed by atoms with van der Waals surface area (Å²) in [4.78, 5) is 23.9. The summed E-state index contributed by atoms with van der Waals surface area (Å²) in [6.07, 6.45) is 3.40. The maximum atomic E-state index is 12.2. The number of carbonyl (C=O) groups excluding carboxylic acids is 2. The van der Waals surface area contributed by atoms with E-state index in [1.54, 1.807) is 0 Å². The van der Waals surface area contributed by atoms with Crippen molar-refractivity contribution >= 4 is 11.9 Å². The number of nitrogens with one attached hydrogen (secondary N) is 2. The summed E-state index contributed by atoms with van der Waals surface area (Å²) >= 11 is 0. The first-order valence-electron chi connectivity index (χ1n) is 7.79. The van der Waals surface area contributed by atoms with Crippen LogP contribution in [0.5, 0.6) is 0 Å². The highest BCUT2D eigenvalue weighted by Gasteiger charge is 2.33. The van der Waals surface area contributed by atoms with Gasteiger partial charge < -0.3 is 15.4 Å². The minimum absolute atomic E-state index is 0.0233. The van der Waals surface area contributed by atoms with Crippen LogP contribution in [0.4, 0.5) is 0 Å².